The number of pyridine rings is 2. The molecule has 0 aliphatic rings. The van der Waals surface area contributed by atoms with E-state index in [4.69, 9.17) is 21.1 Å². The van der Waals surface area contributed by atoms with Crippen molar-refractivity contribution in [1.82, 2.24) is 19.2 Å². The molecule has 6 rings (SSSR count). The minimum Gasteiger partial charge on any atom is -0.481 e. The molecule has 220 valence electrons. The van der Waals surface area contributed by atoms with Gasteiger partial charge >= 0.3 is 0 Å². The Balaban J connectivity index is 1.28. The molecule has 4 heterocycles. The van der Waals surface area contributed by atoms with E-state index in [1.54, 1.807) is 48.0 Å². The van der Waals surface area contributed by atoms with E-state index in [9.17, 15) is 14.0 Å². The number of halogens is 3. The van der Waals surface area contributed by atoms with Gasteiger partial charge in [0.1, 0.15) is 11.3 Å². The number of carbonyl (C=O) groups excluding carboxylic acids is 1. The van der Waals surface area contributed by atoms with E-state index >= 15 is 4.39 Å². The number of benzene rings is 2. The van der Waals surface area contributed by atoms with Crippen molar-refractivity contribution in [1.29, 1.82) is 0 Å². The number of carbonyl (C=O) groups is 1. The van der Waals surface area contributed by atoms with Crippen LogP contribution in [0.25, 0.3) is 22.3 Å². The van der Waals surface area contributed by atoms with Crippen LogP contribution in [0.15, 0.2) is 96.3 Å². The van der Waals surface area contributed by atoms with Gasteiger partial charge in [-0.1, -0.05) is 17.7 Å². The quantitative estimate of drug-likeness (QED) is 0.172. The number of fused-ring (bicyclic) bond motifs is 1. The third-order valence-electron chi connectivity index (χ3n) is 7.11. The molecule has 0 radical (unpaired) electrons. The SMILES string of the molecule is COc1cc(-c2ccn3nccc(Oc4ccc(CC(=O)c5c(C)ccn(-c6ccc(F)cc6)c5=O)cc4F)c23)c(Cl)cn1. The van der Waals surface area contributed by atoms with E-state index in [0.717, 1.165) is 0 Å². The number of aryl methyl sites for hydroxylation is 1. The van der Waals surface area contributed by atoms with Crippen LogP contribution in [0.2, 0.25) is 5.02 Å². The van der Waals surface area contributed by atoms with E-state index in [-0.39, 0.29) is 17.7 Å². The number of ketones is 1. The second-order valence-corrected chi connectivity index (χ2v) is 10.3. The smallest absolute Gasteiger partial charge is 0.266 e. The Labute approximate surface area is 254 Å². The van der Waals surface area contributed by atoms with Gasteiger partial charge in [0.15, 0.2) is 23.1 Å². The summed E-state index contributed by atoms with van der Waals surface area (Å²) in [5.41, 5.74) is 2.53. The van der Waals surface area contributed by atoms with Crippen molar-refractivity contribution in [3.05, 3.63) is 135 Å². The molecule has 0 saturated heterocycles. The van der Waals surface area contributed by atoms with E-state index in [1.165, 1.54) is 66.7 Å². The molecule has 8 nitrogen and oxygen atoms in total. The molecule has 0 fully saturated rings. The Kier molecular flexibility index (Phi) is 7.67. The second kappa shape index (κ2) is 11.7. The van der Waals surface area contributed by atoms with Crippen LogP contribution in [0, 0.1) is 18.6 Å². The van der Waals surface area contributed by atoms with Crippen molar-refractivity contribution < 1.29 is 23.0 Å². The summed E-state index contributed by atoms with van der Waals surface area (Å²) in [6, 6.07) is 16.3. The van der Waals surface area contributed by atoms with Gasteiger partial charge in [0.05, 0.1) is 30.1 Å². The molecule has 2 aromatic carbocycles. The summed E-state index contributed by atoms with van der Waals surface area (Å²) in [6.45, 7) is 1.65. The van der Waals surface area contributed by atoms with Crippen molar-refractivity contribution >= 4 is 22.9 Å². The maximum absolute atomic E-state index is 15.4. The number of rotatable bonds is 8. The van der Waals surface area contributed by atoms with Gasteiger partial charge in [0.2, 0.25) is 5.88 Å². The summed E-state index contributed by atoms with van der Waals surface area (Å²) in [4.78, 5) is 30.6. The molecule has 11 heteroatoms. The molecule has 0 N–H and O–H groups in total. The Bertz CT molecular complexity index is 2110. The van der Waals surface area contributed by atoms with Crippen molar-refractivity contribution in [2.24, 2.45) is 0 Å². The molecule has 6 aromatic rings. The van der Waals surface area contributed by atoms with Crippen molar-refractivity contribution in [2.45, 2.75) is 13.3 Å². The summed E-state index contributed by atoms with van der Waals surface area (Å²) < 4.78 is 42.9. The molecule has 0 unspecified atom stereocenters. The number of Topliss-reactive ketones (excluding diaryl/α,β-unsaturated/α-hetero) is 1. The normalized spacial score (nSPS) is 11.1. The number of hydrogen-bond donors (Lipinski definition) is 0. The molecule has 0 aliphatic heterocycles. The molecular weight excluding hydrogens is 590 g/mol. The Hall–Kier alpha value is -5.35. The lowest BCUT2D eigenvalue weighted by Gasteiger charge is -2.12. The molecule has 4 aromatic heterocycles. The molecule has 0 aliphatic carbocycles. The van der Waals surface area contributed by atoms with Gasteiger partial charge in [0.25, 0.3) is 5.56 Å². The standard InChI is InChI=1S/C33H23ClF2N4O4/c1-19-10-13-39(22-6-4-21(35)5-7-22)33(42)31(19)27(41)16-20-3-8-28(26(36)15-20)44-29-9-12-38-40-14-11-23(32(29)40)24-17-30(43-2)37-18-25(24)34/h3-15,17-18H,16H2,1-2H3. The van der Waals surface area contributed by atoms with E-state index in [1.807, 2.05) is 0 Å². The Morgan fingerprint density at radius 2 is 1.75 bits per heavy atom. The molecule has 0 atom stereocenters. The third kappa shape index (κ3) is 5.43. The highest BCUT2D eigenvalue weighted by Gasteiger charge is 2.20. The number of aromatic nitrogens is 4. The van der Waals surface area contributed by atoms with Crippen LogP contribution < -0.4 is 15.0 Å². The first-order valence-electron chi connectivity index (χ1n) is 13.4. The number of nitrogens with zero attached hydrogens (tertiary/aromatic N) is 4. The van der Waals surface area contributed by atoms with Crippen LogP contribution in [-0.2, 0) is 6.42 Å². The summed E-state index contributed by atoms with van der Waals surface area (Å²) in [7, 11) is 1.50. The zero-order valence-corrected chi connectivity index (χ0v) is 24.2. The highest BCUT2D eigenvalue weighted by Crippen LogP contribution is 2.38. The van der Waals surface area contributed by atoms with Crippen molar-refractivity contribution in [3.63, 3.8) is 0 Å². The van der Waals surface area contributed by atoms with Crippen LogP contribution in [0.1, 0.15) is 21.5 Å². The summed E-state index contributed by atoms with van der Waals surface area (Å²) in [5.74, 6) is -1.01. The largest absolute Gasteiger partial charge is 0.481 e. The average Bonchev–Trinajstić information content (AvgIpc) is 3.44. The van der Waals surface area contributed by atoms with Crippen LogP contribution in [0.4, 0.5) is 8.78 Å². The molecule has 44 heavy (non-hydrogen) atoms. The van der Waals surface area contributed by atoms with Gasteiger partial charge in [-0.25, -0.2) is 18.3 Å². The lowest BCUT2D eigenvalue weighted by atomic mass is 10.0. The van der Waals surface area contributed by atoms with E-state index in [2.05, 4.69) is 10.1 Å². The lowest BCUT2D eigenvalue weighted by molar-refractivity contribution is 0.0990. The van der Waals surface area contributed by atoms with Crippen molar-refractivity contribution in [3.8, 4) is 34.2 Å². The van der Waals surface area contributed by atoms with Crippen LogP contribution in [-0.4, -0.2) is 32.1 Å². The van der Waals surface area contributed by atoms with Gasteiger partial charge in [-0.05, 0) is 66.6 Å². The lowest BCUT2D eigenvalue weighted by Crippen LogP contribution is -2.27. The first kappa shape index (κ1) is 28.8. The highest BCUT2D eigenvalue weighted by atomic mass is 35.5. The Morgan fingerprint density at radius 1 is 0.955 bits per heavy atom. The van der Waals surface area contributed by atoms with Crippen LogP contribution in [0.3, 0.4) is 0 Å². The van der Waals surface area contributed by atoms with Crippen LogP contribution in [0.5, 0.6) is 17.4 Å². The third-order valence-corrected chi connectivity index (χ3v) is 7.41. The maximum atomic E-state index is 15.4. The maximum Gasteiger partial charge on any atom is 0.266 e. The highest BCUT2D eigenvalue weighted by molar-refractivity contribution is 6.33. The molecular formula is C33H23ClF2N4O4. The molecule has 0 spiro atoms. The Morgan fingerprint density at radius 3 is 2.50 bits per heavy atom. The van der Waals surface area contributed by atoms with Gasteiger partial charge in [0, 0.05) is 47.8 Å². The fraction of sp³-hybridized carbons (Fsp3) is 0.0909. The van der Waals surface area contributed by atoms with Gasteiger partial charge in [-0.2, -0.15) is 5.10 Å². The molecule has 0 saturated carbocycles. The summed E-state index contributed by atoms with van der Waals surface area (Å²) in [5, 5.41) is 4.70. The van der Waals surface area contributed by atoms with E-state index in [0.29, 0.717) is 50.1 Å². The predicted octanol–water partition coefficient (Wildman–Crippen LogP) is 7.01. The van der Waals surface area contributed by atoms with E-state index < -0.39 is 23.0 Å². The number of ether oxygens (including phenoxy) is 2. The topological polar surface area (TPSA) is 87.7 Å². The predicted molar refractivity (Wildman–Crippen MR) is 161 cm³/mol. The van der Waals surface area contributed by atoms with Gasteiger partial charge in [-0.15, -0.1) is 0 Å². The fourth-order valence-corrected chi connectivity index (χ4v) is 5.16. The van der Waals surface area contributed by atoms with Gasteiger partial charge < -0.3 is 9.47 Å². The molecule has 0 bridgehead atoms. The van der Waals surface area contributed by atoms with Gasteiger partial charge in [-0.3, -0.25) is 14.2 Å². The minimum absolute atomic E-state index is 0.0242. The zero-order valence-electron chi connectivity index (χ0n) is 23.4. The average molecular weight is 613 g/mol. The minimum atomic E-state index is -0.699. The molecule has 0 amide bonds. The fourth-order valence-electron chi connectivity index (χ4n) is 4.95. The van der Waals surface area contributed by atoms with Crippen molar-refractivity contribution in [2.75, 3.05) is 7.11 Å². The number of methoxy groups -OCH3 is 1. The monoisotopic (exact) mass is 612 g/mol. The summed E-state index contributed by atoms with van der Waals surface area (Å²) in [6.07, 6.45) is 6.03. The zero-order chi connectivity index (χ0) is 31.0. The first-order valence-corrected chi connectivity index (χ1v) is 13.7. The first-order chi connectivity index (χ1) is 21.2. The summed E-state index contributed by atoms with van der Waals surface area (Å²) >= 11 is 6.44. The van der Waals surface area contributed by atoms with Crippen LogP contribution >= 0.6 is 11.6 Å². The number of hydrogen-bond acceptors (Lipinski definition) is 6. The second-order valence-electron chi connectivity index (χ2n) is 9.92.